The molecule has 0 spiro atoms. The molecule has 2 rings (SSSR count). The summed E-state index contributed by atoms with van der Waals surface area (Å²) in [5.41, 5.74) is 7.86. The third-order valence-electron chi connectivity index (χ3n) is 3.09. The lowest BCUT2D eigenvalue weighted by molar-refractivity contribution is -0.123. The normalized spacial score (nSPS) is 11.7. The zero-order valence-electron chi connectivity index (χ0n) is 12.1. The van der Waals surface area contributed by atoms with Crippen molar-refractivity contribution in [2.75, 3.05) is 6.61 Å². The minimum Gasteiger partial charge on any atom is -0.484 e. The van der Waals surface area contributed by atoms with Gasteiger partial charge >= 0.3 is 0 Å². The van der Waals surface area contributed by atoms with Crippen molar-refractivity contribution in [1.82, 2.24) is 5.32 Å². The molecule has 0 aromatic heterocycles. The van der Waals surface area contributed by atoms with E-state index in [0.29, 0.717) is 12.3 Å². The van der Waals surface area contributed by atoms with Crippen LogP contribution in [0.1, 0.15) is 24.1 Å². The number of hydrogen-bond donors (Lipinski definition) is 2. The Bertz CT molecular complexity index is 582. The van der Waals surface area contributed by atoms with Crippen LogP contribution in [0.25, 0.3) is 0 Å². The fraction of sp³-hybridized carbons (Fsp3) is 0.235. The first-order chi connectivity index (χ1) is 10.1. The Balaban J connectivity index is 1.80. The van der Waals surface area contributed by atoms with Crippen molar-refractivity contribution < 1.29 is 9.53 Å². The highest BCUT2D eigenvalue weighted by Crippen LogP contribution is 2.17. The second-order valence-corrected chi connectivity index (χ2v) is 4.91. The van der Waals surface area contributed by atoms with Crippen LogP contribution >= 0.6 is 0 Å². The van der Waals surface area contributed by atoms with Gasteiger partial charge < -0.3 is 15.8 Å². The lowest BCUT2D eigenvalue weighted by Gasteiger charge is -2.10. The van der Waals surface area contributed by atoms with E-state index in [1.807, 2.05) is 61.5 Å². The lowest BCUT2D eigenvalue weighted by atomic mass is 10.1. The van der Waals surface area contributed by atoms with Gasteiger partial charge in [0, 0.05) is 12.6 Å². The second-order valence-electron chi connectivity index (χ2n) is 4.91. The third kappa shape index (κ3) is 4.93. The molecule has 2 aromatic rings. The molecule has 110 valence electrons. The highest BCUT2D eigenvalue weighted by atomic mass is 16.5. The highest BCUT2D eigenvalue weighted by molar-refractivity contribution is 5.77. The van der Waals surface area contributed by atoms with Gasteiger partial charge in [-0.2, -0.15) is 0 Å². The average molecular weight is 284 g/mol. The predicted molar refractivity (Wildman–Crippen MR) is 82.8 cm³/mol. The highest BCUT2D eigenvalue weighted by Gasteiger charge is 2.05. The summed E-state index contributed by atoms with van der Waals surface area (Å²) in [5.74, 6) is 0.504. The molecule has 0 saturated heterocycles. The molecule has 4 heteroatoms. The molecule has 21 heavy (non-hydrogen) atoms. The van der Waals surface area contributed by atoms with Crippen molar-refractivity contribution in [2.45, 2.75) is 19.5 Å². The standard InChI is InChI=1S/C17H20N2O2/c1-13(18)15-8-5-9-16(10-15)21-12-17(20)19-11-14-6-3-2-4-7-14/h2-10,13H,11-12,18H2,1H3,(H,19,20)/t13-/m1/s1. The van der Waals surface area contributed by atoms with Gasteiger partial charge in [0.1, 0.15) is 5.75 Å². The van der Waals surface area contributed by atoms with Crippen LogP contribution in [0.3, 0.4) is 0 Å². The summed E-state index contributed by atoms with van der Waals surface area (Å²) in [6.45, 7) is 2.41. The van der Waals surface area contributed by atoms with Crippen LogP contribution in [-0.2, 0) is 11.3 Å². The Labute approximate surface area is 124 Å². The van der Waals surface area contributed by atoms with Crippen LogP contribution in [0.2, 0.25) is 0 Å². The maximum Gasteiger partial charge on any atom is 0.258 e. The number of benzene rings is 2. The first-order valence-corrected chi connectivity index (χ1v) is 6.94. The molecule has 0 fully saturated rings. The number of nitrogens with one attached hydrogen (secondary N) is 1. The number of hydrogen-bond acceptors (Lipinski definition) is 3. The summed E-state index contributed by atoms with van der Waals surface area (Å²) in [7, 11) is 0. The van der Waals surface area contributed by atoms with Crippen LogP contribution in [0.4, 0.5) is 0 Å². The van der Waals surface area contributed by atoms with Crippen molar-refractivity contribution in [3.8, 4) is 5.75 Å². The summed E-state index contributed by atoms with van der Waals surface area (Å²) in [6.07, 6.45) is 0. The van der Waals surface area contributed by atoms with Gasteiger partial charge in [-0.1, -0.05) is 42.5 Å². The lowest BCUT2D eigenvalue weighted by Crippen LogP contribution is -2.28. The number of ether oxygens (including phenoxy) is 1. The fourth-order valence-corrected chi connectivity index (χ4v) is 1.88. The molecule has 3 N–H and O–H groups in total. The molecule has 2 aromatic carbocycles. The van der Waals surface area contributed by atoms with E-state index in [9.17, 15) is 4.79 Å². The zero-order chi connectivity index (χ0) is 15.1. The average Bonchev–Trinajstić information content (AvgIpc) is 2.52. The molecule has 4 nitrogen and oxygen atoms in total. The van der Waals surface area contributed by atoms with E-state index in [1.165, 1.54) is 0 Å². The summed E-state index contributed by atoms with van der Waals surface area (Å²) in [6, 6.07) is 17.2. The molecule has 0 bridgehead atoms. The Kier molecular flexibility index (Phi) is 5.35. The minimum atomic E-state index is -0.148. The van der Waals surface area contributed by atoms with Crippen molar-refractivity contribution in [3.63, 3.8) is 0 Å². The predicted octanol–water partition coefficient (Wildman–Crippen LogP) is 2.40. The number of carbonyl (C=O) groups is 1. The van der Waals surface area contributed by atoms with Gasteiger partial charge in [-0.25, -0.2) is 0 Å². The SMILES string of the molecule is C[C@@H](N)c1cccc(OCC(=O)NCc2ccccc2)c1. The Morgan fingerprint density at radius 2 is 1.95 bits per heavy atom. The van der Waals surface area contributed by atoms with Crippen molar-refractivity contribution >= 4 is 5.91 Å². The molecule has 0 heterocycles. The smallest absolute Gasteiger partial charge is 0.258 e. The van der Waals surface area contributed by atoms with Gasteiger partial charge in [-0.3, -0.25) is 4.79 Å². The van der Waals surface area contributed by atoms with E-state index in [-0.39, 0.29) is 18.6 Å². The first kappa shape index (κ1) is 15.1. The van der Waals surface area contributed by atoms with Crippen LogP contribution in [0.5, 0.6) is 5.75 Å². The van der Waals surface area contributed by atoms with Crippen molar-refractivity contribution in [3.05, 3.63) is 65.7 Å². The summed E-state index contributed by atoms with van der Waals surface area (Å²) >= 11 is 0. The largest absolute Gasteiger partial charge is 0.484 e. The van der Waals surface area contributed by atoms with Crippen molar-refractivity contribution in [1.29, 1.82) is 0 Å². The number of nitrogens with two attached hydrogens (primary N) is 1. The number of amides is 1. The minimum absolute atomic E-state index is 0.00472. The summed E-state index contributed by atoms with van der Waals surface area (Å²) < 4.78 is 5.48. The first-order valence-electron chi connectivity index (χ1n) is 6.94. The Morgan fingerprint density at radius 3 is 2.67 bits per heavy atom. The molecule has 1 amide bonds. The Hall–Kier alpha value is -2.33. The van der Waals surface area contributed by atoms with Crippen LogP contribution in [0.15, 0.2) is 54.6 Å². The van der Waals surface area contributed by atoms with E-state index in [0.717, 1.165) is 11.1 Å². The molecule has 1 atom stereocenters. The van der Waals surface area contributed by atoms with Crippen molar-refractivity contribution in [2.24, 2.45) is 5.73 Å². The molecule has 0 aliphatic heterocycles. The van der Waals surface area contributed by atoms with Gasteiger partial charge in [0.2, 0.25) is 0 Å². The molecule has 0 aliphatic carbocycles. The van der Waals surface area contributed by atoms with Crippen LogP contribution < -0.4 is 15.8 Å². The summed E-state index contributed by atoms with van der Waals surface area (Å²) in [5, 5.41) is 2.82. The quantitative estimate of drug-likeness (QED) is 0.856. The number of carbonyl (C=O) groups excluding carboxylic acids is 1. The van der Waals surface area contributed by atoms with Crippen LogP contribution in [0, 0.1) is 0 Å². The van der Waals surface area contributed by atoms with Gasteiger partial charge in [0.25, 0.3) is 5.91 Å². The van der Waals surface area contributed by atoms with Gasteiger partial charge in [-0.15, -0.1) is 0 Å². The molecule has 0 radical (unpaired) electrons. The maximum absolute atomic E-state index is 11.7. The maximum atomic E-state index is 11.7. The zero-order valence-corrected chi connectivity index (χ0v) is 12.1. The molecule has 0 unspecified atom stereocenters. The topological polar surface area (TPSA) is 64.3 Å². The molecular formula is C17H20N2O2. The van der Waals surface area contributed by atoms with Gasteiger partial charge in [0.15, 0.2) is 6.61 Å². The van der Waals surface area contributed by atoms with Crippen LogP contribution in [-0.4, -0.2) is 12.5 Å². The van der Waals surface area contributed by atoms with E-state index < -0.39 is 0 Å². The molecular weight excluding hydrogens is 264 g/mol. The Morgan fingerprint density at radius 1 is 1.19 bits per heavy atom. The van der Waals surface area contributed by atoms with Gasteiger partial charge in [-0.05, 0) is 30.2 Å². The molecule has 0 aliphatic rings. The second kappa shape index (κ2) is 7.45. The molecule has 0 saturated carbocycles. The monoisotopic (exact) mass is 284 g/mol. The van der Waals surface area contributed by atoms with Gasteiger partial charge in [0.05, 0.1) is 0 Å². The fourth-order valence-electron chi connectivity index (χ4n) is 1.88. The van der Waals surface area contributed by atoms with E-state index in [1.54, 1.807) is 0 Å². The summed E-state index contributed by atoms with van der Waals surface area (Å²) in [4.78, 5) is 11.7. The van der Waals surface area contributed by atoms with E-state index in [4.69, 9.17) is 10.5 Å². The third-order valence-corrected chi connectivity index (χ3v) is 3.09. The number of rotatable bonds is 6. The van der Waals surface area contributed by atoms with E-state index in [2.05, 4.69) is 5.32 Å². The van der Waals surface area contributed by atoms with E-state index >= 15 is 0 Å².